The van der Waals surface area contributed by atoms with E-state index in [0.717, 1.165) is 11.1 Å². The van der Waals surface area contributed by atoms with Crippen LogP contribution in [-0.4, -0.2) is 9.97 Å². The molecule has 0 fully saturated rings. The monoisotopic (exact) mass is 218 g/mol. The van der Waals surface area contributed by atoms with E-state index in [0.29, 0.717) is 10.9 Å². The smallest absolute Gasteiger partial charge is 0.316 e. The molecule has 5 nitrogen and oxygen atoms in total. The predicted molar refractivity (Wildman–Crippen MR) is 60.9 cm³/mol. The van der Waals surface area contributed by atoms with Crippen LogP contribution in [-0.2, 0) is 0 Å². The van der Waals surface area contributed by atoms with Crippen LogP contribution in [0.1, 0.15) is 11.1 Å². The van der Waals surface area contributed by atoms with E-state index in [2.05, 4.69) is 4.98 Å². The van der Waals surface area contributed by atoms with Crippen molar-refractivity contribution < 1.29 is 0 Å². The van der Waals surface area contributed by atoms with Gasteiger partial charge in [0.25, 0.3) is 5.56 Å². The van der Waals surface area contributed by atoms with Crippen LogP contribution in [0, 0.1) is 13.8 Å². The number of aryl methyl sites for hydroxylation is 2. The van der Waals surface area contributed by atoms with Crippen LogP contribution in [0.5, 0.6) is 0 Å². The zero-order chi connectivity index (χ0) is 11.9. The molecule has 0 aliphatic carbocycles. The molecule has 1 aromatic heterocycles. The Morgan fingerprint density at radius 1 is 0.875 bits per heavy atom. The van der Waals surface area contributed by atoms with Gasteiger partial charge in [-0.3, -0.25) is 19.4 Å². The van der Waals surface area contributed by atoms with Crippen molar-refractivity contribution in [1.82, 2.24) is 9.97 Å². The van der Waals surface area contributed by atoms with Gasteiger partial charge in [-0.2, -0.15) is 0 Å². The van der Waals surface area contributed by atoms with Crippen molar-refractivity contribution in [1.29, 1.82) is 0 Å². The normalized spacial score (nSPS) is 10.6. The minimum atomic E-state index is -0.932. The number of hydrogen-bond donors (Lipinski definition) is 2. The Kier molecular flexibility index (Phi) is 2.23. The first-order valence-electron chi connectivity index (χ1n) is 4.77. The average Bonchev–Trinajstić information content (AvgIpc) is 2.24. The Bertz CT molecular complexity index is 741. The van der Waals surface area contributed by atoms with Crippen molar-refractivity contribution in [2.24, 2.45) is 0 Å². The van der Waals surface area contributed by atoms with E-state index in [9.17, 15) is 14.4 Å². The summed E-state index contributed by atoms with van der Waals surface area (Å²) in [6, 6.07) is 3.48. The SMILES string of the molecule is Cc1cc(C)c2c(=O)[nH]c(=O)c(=O)[nH]c2c1. The Morgan fingerprint density at radius 3 is 2.19 bits per heavy atom. The molecule has 0 aliphatic heterocycles. The standard InChI is InChI=1S/C11H10N2O3/c1-5-3-6(2)8-7(4-5)12-10(15)11(16)13-9(8)14/h3-4H,1-2H3,(H2,12,13,14,15,16). The van der Waals surface area contributed by atoms with E-state index in [4.69, 9.17) is 0 Å². The van der Waals surface area contributed by atoms with E-state index in [1.165, 1.54) is 0 Å². The average molecular weight is 218 g/mol. The number of aromatic nitrogens is 2. The lowest BCUT2D eigenvalue weighted by Crippen LogP contribution is -2.28. The summed E-state index contributed by atoms with van der Waals surface area (Å²) in [7, 11) is 0. The first kappa shape index (κ1) is 10.4. The van der Waals surface area contributed by atoms with Gasteiger partial charge in [0.2, 0.25) is 0 Å². The third-order valence-electron chi connectivity index (χ3n) is 2.39. The highest BCUT2D eigenvalue weighted by Gasteiger charge is 2.04. The first-order valence-corrected chi connectivity index (χ1v) is 4.77. The molecule has 0 aliphatic rings. The summed E-state index contributed by atoms with van der Waals surface area (Å²) in [5.41, 5.74) is -0.279. The lowest BCUT2D eigenvalue weighted by atomic mass is 10.1. The first-order chi connectivity index (χ1) is 7.49. The summed E-state index contributed by atoms with van der Waals surface area (Å²) in [6.07, 6.45) is 0. The largest absolute Gasteiger partial charge is 0.317 e. The van der Waals surface area contributed by atoms with Crippen molar-refractivity contribution in [2.75, 3.05) is 0 Å². The van der Waals surface area contributed by atoms with E-state index in [1.54, 1.807) is 13.0 Å². The van der Waals surface area contributed by atoms with Crippen LogP contribution in [0.25, 0.3) is 10.9 Å². The Morgan fingerprint density at radius 2 is 1.50 bits per heavy atom. The molecule has 16 heavy (non-hydrogen) atoms. The third-order valence-corrected chi connectivity index (χ3v) is 2.39. The van der Waals surface area contributed by atoms with Gasteiger partial charge >= 0.3 is 11.1 Å². The zero-order valence-corrected chi connectivity index (χ0v) is 8.88. The van der Waals surface area contributed by atoms with Crippen molar-refractivity contribution in [2.45, 2.75) is 13.8 Å². The summed E-state index contributed by atoms with van der Waals surface area (Å²) in [5, 5.41) is 0.338. The molecule has 2 aromatic rings. The molecule has 0 radical (unpaired) electrons. The molecule has 0 unspecified atom stereocenters. The second-order valence-corrected chi connectivity index (χ2v) is 3.74. The van der Waals surface area contributed by atoms with E-state index >= 15 is 0 Å². The van der Waals surface area contributed by atoms with Gasteiger partial charge in [-0.25, -0.2) is 0 Å². The van der Waals surface area contributed by atoms with Crippen LogP contribution in [0.3, 0.4) is 0 Å². The molecule has 5 heteroatoms. The molecule has 0 spiro atoms. The highest BCUT2D eigenvalue weighted by molar-refractivity contribution is 5.81. The fraction of sp³-hybridized carbons (Fsp3) is 0.182. The van der Waals surface area contributed by atoms with Crippen LogP contribution < -0.4 is 16.7 Å². The number of aromatic amines is 2. The van der Waals surface area contributed by atoms with Crippen LogP contribution in [0.2, 0.25) is 0 Å². The molecule has 0 saturated carbocycles. The van der Waals surface area contributed by atoms with Gasteiger partial charge in [0, 0.05) is 0 Å². The summed E-state index contributed by atoms with van der Waals surface area (Å²) in [6.45, 7) is 3.61. The molecule has 0 amide bonds. The number of hydrogen-bond acceptors (Lipinski definition) is 3. The maximum Gasteiger partial charge on any atom is 0.316 e. The van der Waals surface area contributed by atoms with Gasteiger partial charge in [-0.05, 0) is 31.0 Å². The minimum Gasteiger partial charge on any atom is -0.317 e. The molecular formula is C11H10N2O3. The third kappa shape index (κ3) is 1.56. The van der Waals surface area contributed by atoms with Crippen molar-refractivity contribution >= 4 is 10.9 Å². The van der Waals surface area contributed by atoms with Gasteiger partial charge in [0.15, 0.2) is 0 Å². The van der Waals surface area contributed by atoms with Gasteiger partial charge in [0.05, 0.1) is 10.9 Å². The molecular weight excluding hydrogens is 208 g/mol. The molecule has 2 N–H and O–H groups in total. The molecule has 1 heterocycles. The number of rotatable bonds is 0. The lowest BCUT2D eigenvalue weighted by molar-refractivity contribution is 1.14. The maximum atomic E-state index is 11.7. The van der Waals surface area contributed by atoms with Gasteiger partial charge in [0.1, 0.15) is 0 Å². The summed E-state index contributed by atoms with van der Waals surface area (Å²) in [5.74, 6) is 0. The molecule has 0 atom stereocenters. The summed E-state index contributed by atoms with van der Waals surface area (Å²) < 4.78 is 0. The second kappa shape index (κ2) is 3.44. The number of fused-ring (bicyclic) bond motifs is 1. The van der Waals surface area contributed by atoms with Crippen molar-refractivity contribution in [3.05, 3.63) is 54.3 Å². The second-order valence-electron chi connectivity index (χ2n) is 3.74. The summed E-state index contributed by atoms with van der Waals surface area (Å²) >= 11 is 0. The molecule has 0 bridgehead atoms. The Hall–Kier alpha value is -2.17. The quantitative estimate of drug-likeness (QED) is 0.619. The van der Waals surface area contributed by atoms with Crippen LogP contribution in [0.15, 0.2) is 26.5 Å². The fourth-order valence-electron chi connectivity index (χ4n) is 1.77. The summed E-state index contributed by atoms with van der Waals surface area (Å²) in [4.78, 5) is 38.5. The number of benzene rings is 1. The van der Waals surface area contributed by atoms with E-state index in [1.807, 2.05) is 18.0 Å². The Labute approximate surface area is 89.8 Å². The highest BCUT2D eigenvalue weighted by Crippen LogP contribution is 2.12. The number of nitrogens with one attached hydrogen (secondary N) is 2. The van der Waals surface area contributed by atoms with E-state index < -0.39 is 16.7 Å². The fourth-order valence-corrected chi connectivity index (χ4v) is 1.77. The van der Waals surface area contributed by atoms with Crippen molar-refractivity contribution in [3.63, 3.8) is 0 Å². The maximum absolute atomic E-state index is 11.7. The van der Waals surface area contributed by atoms with Gasteiger partial charge in [-0.1, -0.05) is 6.07 Å². The van der Waals surface area contributed by atoms with E-state index in [-0.39, 0.29) is 0 Å². The van der Waals surface area contributed by atoms with Crippen LogP contribution in [0.4, 0.5) is 0 Å². The molecule has 1 aromatic carbocycles. The molecule has 82 valence electrons. The highest BCUT2D eigenvalue weighted by atomic mass is 16.2. The van der Waals surface area contributed by atoms with Gasteiger partial charge < -0.3 is 4.98 Å². The molecule has 0 saturated heterocycles. The predicted octanol–water partition coefficient (Wildman–Crippen LogP) is 0.193. The number of H-pyrrole nitrogens is 2. The van der Waals surface area contributed by atoms with Crippen LogP contribution >= 0.6 is 0 Å². The lowest BCUT2D eigenvalue weighted by Gasteiger charge is -1.98. The minimum absolute atomic E-state index is 0.338. The van der Waals surface area contributed by atoms with Gasteiger partial charge in [-0.15, -0.1) is 0 Å². The van der Waals surface area contributed by atoms with Crippen molar-refractivity contribution in [3.8, 4) is 0 Å². The Balaban J connectivity index is 3.23. The molecule has 2 rings (SSSR count). The zero-order valence-electron chi connectivity index (χ0n) is 8.88. The topological polar surface area (TPSA) is 82.8 Å².